The lowest BCUT2D eigenvalue weighted by atomic mass is 10.1. The van der Waals surface area contributed by atoms with Gasteiger partial charge in [0, 0.05) is 27.1 Å². The van der Waals surface area contributed by atoms with Crippen molar-refractivity contribution >= 4 is 65.6 Å². The van der Waals surface area contributed by atoms with Crippen LogP contribution in [0.3, 0.4) is 0 Å². The summed E-state index contributed by atoms with van der Waals surface area (Å²) in [5.41, 5.74) is 1.33. The largest absolute Gasteiger partial charge is 0.298 e. The summed E-state index contributed by atoms with van der Waals surface area (Å²) in [5, 5.41) is 5.56. The molecule has 0 aromatic heterocycles. The molecule has 4 rings (SSSR count). The number of carbonyl (C=O) groups excluding carboxylic acids is 2. The molecule has 4 aromatic rings. The maximum atomic E-state index is 11.9. The van der Waals surface area contributed by atoms with E-state index >= 15 is 0 Å². The summed E-state index contributed by atoms with van der Waals surface area (Å²) in [6, 6.07) is 23.2. The van der Waals surface area contributed by atoms with Crippen LogP contribution >= 0.6 is 31.9 Å². The first-order valence-electron chi connectivity index (χ1n) is 9.07. The Hall–Kier alpha value is -2.54. The molecule has 0 heterocycles. The van der Waals surface area contributed by atoms with Gasteiger partial charge in [0.1, 0.15) is 6.29 Å². The van der Waals surface area contributed by atoms with Crippen LogP contribution in [0.15, 0.2) is 81.7 Å². The molecule has 0 bridgehead atoms. The zero-order valence-electron chi connectivity index (χ0n) is 16.4. The van der Waals surface area contributed by atoms with E-state index < -0.39 is 0 Å². The predicted octanol–water partition coefficient (Wildman–Crippen LogP) is 6.65. The van der Waals surface area contributed by atoms with Gasteiger partial charge in [-0.05, 0) is 64.0 Å². The van der Waals surface area contributed by atoms with Crippen molar-refractivity contribution in [1.29, 1.82) is 0 Å². The first kappa shape index (κ1) is 22.2. The van der Waals surface area contributed by atoms with Crippen LogP contribution in [0, 0.1) is 0 Å². The monoisotopic (exact) mass is 527 g/mol. The molecule has 0 saturated carbocycles. The van der Waals surface area contributed by atoms with Crippen molar-refractivity contribution in [2.24, 2.45) is 0 Å². The fourth-order valence-electron chi connectivity index (χ4n) is 2.92. The average Bonchev–Trinajstić information content (AvgIpc) is 2.77. The molecule has 0 aliphatic rings. The van der Waals surface area contributed by atoms with Gasteiger partial charge in [-0.3, -0.25) is 14.4 Å². The Balaban J connectivity index is 0.000000177. The van der Waals surface area contributed by atoms with E-state index in [1.165, 1.54) is 12.2 Å². The molecule has 0 aliphatic carbocycles. The van der Waals surface area contributed by atoms with E-state index in [2.05, 4.69) is 31.9 Å². The third-order valence-electron chi connectivity index (χ3n) is 4.57. The van der Waals surface area contributed by atoms with Crippen molar-refractivity contribution in [3.63, 3.8) is 0 Å². The van der Waals surface area contributed by atoms with Crippen molar-refractivity contribution in [3.8, 4) is 0 Å². The number of amides is 1. The molecular weight excluding hydrogens is 510 g/mol. The van der Waals surface area contributed by atoms with Gasteiger partial charge >= 0.3 is 0 Å². The normalized spacial score (nSPS) is 10.4. The summed E-state index contributed by atoms with van der Waals surface area (Å²) < 4.78 is 2.08. The minimum absolute atomic E-state index is 0.155. The lowest BCUT2D eigenvalue weighted by Crippen LogP contribution is -2.25. The molecule has 1 amide bonds. The van der Waals surface area contributed by atoms with Crippen LogP contribution < -0.4 is 0 Å². The van der Waals surface area contributed by atoms with E-state index in [4.69, 9.17) is 4.84 Å². The van der Waals surface area contributed by atoms with Crippen molar-refractivity contribution in [1.82, 2.24) is 5.06 Å². The van der Waals surface area contributed by atoms with Gasteiger partial charge in [-0.25, -0.2) is 5.06 Å². The molecule has 152 valence electrons. The standard InChI is InChI=1S/C13H12BrNO2.C11H7BrO/c1-15(17-2)13(16)11-4-3-10-8-12(14)6-5-9(10)7-11;12-11-4-3-9-5-8(7-13)1-2-10(9)6-11/h3-8H,1-2H3;1-7H. The number of fused-ring (bicyclic) bond motifs is 2. The van der Waals surface area contributed by atoms with Crippen molar-refractivity contribution in [2.75, 3.05) is 14.2 Å². The summed E-state index contributed by atoms with van der Waals surface area (Å²) in [5.74, 6) is -0.155. The molecule has 4 nitrogen and oxygen atoms in total. The van der Waals surface area contributed by atoms with Crippen LogP contribution in [0.5, 0.6) is 0 Å². The Bertz CT molecular complexity index is 1220. The van der Waals surface area contributed by atoms with Gasteiger partial charge in [-0.1, -0.05) is 62.2 Å². The minimum atomic E-state index is -0.155. The van der Waals surface area contributed by atoms with E-state index in [1.54, 1.807) is 13.1 Å². The first-order chi connectivity index (χ1) is 14.4. The predicted molar refractivity (Wildman–Crippen MR) is 128 cm³/mol. The number of aldehydes is 1. The lowest BCUT2D eigenvalue weighted by molar-refractivity contribution is -0.0756. The number of rotatable bonds is 3. The van der Waals surface area contributed by atoms with E-state index in [0.29, 0.717) is 5.56 Å². The molecule has 0 fully saturated rings. The second kappa shape index (κ2) is 9.98. The molecule has 0 radical (unpaired) electrons. The van der Waals surface area contributed by atoms with Crippen molar-refractivity contribution in [2.45, 2.75) is 0 Å². The maximum Gasteiger partial charge on any atom is 0.277 e. The molecule has 6 heteroatoms. The molecule has 0 spiro atoms. The van der Waals surface area contributed by atoms with Gasteiger partial charge in [-0.15, -0.1) is 0 Å². The zero-order valence-corrected chi connectivity index (χ0v) is 19.6. The summed E-state index contributed by atoms with van der Waals surface area (Å²) in [6.07, 6.45) is 0.863. The Morgan fingerprint density at radius 3 is 1.87 bits per heavy atom. The highest BCUT2D eigenvalue weighted by molar-refractivity contribution is 9.10. The number of carbonyl (C=O) groups is 2. The van der Waals surface area contributed by atoms with Gasteiger partial charge in [0.25, 0.3) is 5.91 Å². The second-order valence-electron chi connectivity index (χ2n) is 6.56. The molecule has 0 unspecified atom stereocenters. The third-order valence-corrected chi connectivity index (χ3v) is 5.56. The van der Waals surface area contributed by atoms with Crippen molar-refractivity contribution in [3.05, 3.63) is 92.9 Å². The summed E-state index contributed by atoms with van der Waals surface area (Å²) >= 11 is 6.82. The van der Waals surface area contributed by atoms with E-state index in [-0.39, 0.29) is 5.91 Å². The van der Waals surface area contributed by atoms with Gasteiger partial charge < -0.3 is 0 Å². The number of hydrogen-bond acceptors (Lipinski definition) is 3. The summed E-state index contributed by atoms with van der Waals surface area (Å²) in [6.45, 7) is 0. The average molecular weight is 529 g/mol. The Morgan fingerprint density at radius 1 is 0.800 bits per heavy atom. The fraction of sp³-hybridized carbons (Fsp3) is 0.0833. The smallest absolute Gasteiger partial charge is 0.277 e. The van der Waals surface area contributed by atoms with Crippen molar-refractivity contribution < 1.29 is 14.4 Å². The van der Waals surface area contributed by atoms with Gasteiger partial charge in [-0.2, -0.15) is 0 Å². The molecule has 0 N–H and O–H groups in total. The molecule has 0 atom stereocenters. The molecule has 4 aromatic carbocycles. The van der Waals surface area contributed by atoms with Crippen LogP contribution in [-0.2, 0) is 4.84 Å². The highest BCUT2D eigenvalue weighted by atomic mass is 79.9. The van der Waals surface area contributed by atoms with Gasteiger partial charge in [0.05, 0.1) is 7.11 Å². The Morgan fingerprint density at radius 2 is 1.30 bits per heavy atom. The SMILES string of the molecule is CON(C)C(=O)c1ccc2cc(Br)ccc2c1.O=Cc1ccc2cc(Br)ccc2c1. The van der Waals surface area contributed by atoms with Crippen LogP contribution in [0.2, 0.25) is 0 Å². The molecule has 0 saturated heterocycles. The third kappa shape index (κ3) is 5.33. The van der Waals surface area contributed by atoms with Gasteiger partial charge in [0.2, 0.25) is 0 Å². The summed E-state index contributed by atoms with van der Waals surface area (Å²) in [4.78, 5) is 27.3. The van der Waals surface area contributed by atoms with E-state index in [1.807, 2.05) is 66.7 Å². The Kier molecular flexibility index (Phi) is 7.37. The summed E-state index contributed by atoms with van der Waals surface area (Å²) in [7, 11) is 3.06. The number of halogens is 2. The molecular formula is C24H19Br2NO3. The van der Waals surface area contributed by atoms with Crippen LogP contribution in [0.25, 0.3) is 21.5 Å². The van der Waals surface area contributed by atoms with E-state index in [9.17, 15) is 9.59 Å². The number of nitrogens with zero attached hydrogens (tertiary/aromatic N) is 1. The quantitative estimate of drug-likeness (QED) is 0.221. The lowest BCUT2D eigenvalue weighted by Gasteiger charge is -2.13. The maximum absolute atomic E-state index is 11.9. The highest BCUT2D eigenvalue weighted by Crippen LogP contribution is 2.22. The molecule has 30 heavy (non-hydrogen) atoms. The second-order valence-corrected chi connectivity index (χ2v) is 8.39. The Labute approximate surface area is 191 Å². The molecule has 0 aliphatic heterocycles. The fourth-order valence-corrected chi connectivity index (χ4v) is 3.68. The number of hydrogen-bond donors (Lipinski definition) is 0. The zero-order chi connectivity index (χ0) is 21.7. The first-order valence-corrected chi connectivity index (χ1v) is 10.7. The van der Waals surface area contributed by atoms with Gasteiger partial charge in [0.15, 0.2) is 0 Å². The minimum Gasteiger partial charge on any atom is -0.298 e. The van der Waals surface area contributed by atoms with Crippen LogP contribution in [0.4, 0.5) is 0 Å². The topological polar surface area (TPSA) is 46.6 Å². The number of benzene rings is 4. The number of hydroxylamine groups is 2. The van der Waals surface area contributed by atoms with E-state index in [0.717, 1.165) is 42.3 Å². The highest BCUT2D eigenvalue weighted by Gasteiger charge is 2.11. The van der Waals surface area contributed by atoms with Crippen LogP contribution in [-0.4, -0.2) is 31.4 Å². The van der Waals surface area contributed by atoms with Crippen LogP contribution in [0.1, 0.15) is 20.7 Å².